The normalized spacial score (nSPS) is 34.8. The van der Waals surface area contributed by atoms with Crippen LogP contribution in [0.2, 0.25) is 0 Å². The molecule has 0 radical (unpaired) electrons. The van der Waals surface area contributed by atoms with Crippen LogP contribution in [-0.2, 0) is 19.1 Å². The number of Topliss-reactive ketones (excluding diaryl/α,β-unsaturated/α-hetero) is 2. The number of carbonyl (C=O) groups excluding carboxylic acids is 3. The van der Waals surface area contributed by atoms with Crippen LogP contribution in [-0.4, -0.2) is 84.4 Å². The second-order valence-electron chi connectivity index (χ2n) is 8.09. The van der Waals surface area contributed by atoms with Crippen LogP contribution in [0.25, 0.3) is 0 Å². The number of primary amides is 1. The highest BCUT2D eigenvalue weighted by Crippen LogP contribution is 2.55. The number of fused-ring (bicyclic) bond motifs is 4. The molecule has 1 aliphatic carbocycles. The van der Waals surface area contributed by atoms with Crippen LogP contribution in [0, 0.1) is 11.8 Å². The molecule has 3 heterocycles. The van der Waals surface area contributed by atoms with Crippen LogP contribution in [0.5, 0.6) is 0 Å². The SMILES string of the molecule is CCCSSCCN=C1C(=O)C2=C(C(=O)C1C)N1C[C@@H]3N[C@@H]3[C@]1(OC)[C@@H]2COC(N)=O. The van der Waals surface area contributed by atoms with Gasteiger partial charge in [0.1, 0.15) is 6.61 Å². The summed E-state index contributed by atoms with van der Waals surface area (Å²) in [5, 5.41) is 3.35. The molecule has 11 heteroatoms. The second-order valence-corrected chi connectivity index (χ2v) is 10.8. The highest BCUT2D eigenvalue weighted by molar-refractivity contribution is 8.76. The molecule has 4 rings (SSSR count). The maximum atomic E-state index is 13.6. The number of hydrogen-bond donors (Lipinski definition) is 2. The average molecular weight is 469 g/mol. The second kappa shape index (κ2) is 8.76. The van der Waals surface area contributed by atoms with E-state index in [9.17, 15) is 14.4 Å². The summed E-state index contributed by atoms with van der Waals surface area (Å²) in [4.78, 5) is 44.7. The van der Waals surface area contributed by atoms with Gasteiger partial charge in [-0.1, -0.05) is 28.5 Å². The van der Waals surface area contributed by atoms with Crippen molar-refractivity contribution in [3.63, 3.8) is 0 Å². The molecule has 2 fully saturated rings. The van der Waals surface area contributed by atoms with E-state index in [1.165, 1.54) is 0 Å². The van der Waals surface area contributed by atoms with Gasteiger partial charge in [-0.05, 0) is 13.3 Å². The number of aliphatic imine (C=N–C) groups is 1. The van der Waals surface area contributed by atoms with E-state index in [2.05, 4.69) is 17.2 Å². The zero-order chi connectivity index (χ0) is 22.3. The van der Waals surface area contributed by atoms with Crippen LogP contribution in [0.4, 0.5) is 4.79 Å². The van der Waals surface area contributed by atoms with E-state index in [4.69, 9.17) is 15.2 Å². The highest BCUT2D eigenvalue weighted by atomic mass is 33.1. The molecule has 0 aromatic rings. The molecule has 2 saturated heterocycles. The van der Waals surface area contributed by atoms with Crippen molar-refractivity contribution in [3.05, 3.63) is 11.3 Å². The molecule has 0 aromatic heterocycles. The Morgan fingerprint density at radius 3 is 2.77 bits per heavy atom. The standard InChI is InChI=1S/C20H28N4O5S2/c1-4-6-30-31-7-5-22-14-10(2)16(25)15-13(17(14)26)11(9-29-19(21)27)20(28-3)18-12(23-18)8-24(15)20/h10-12,18,23H,4-9H2,1-3H3,(H2,21,27)/t10?,11-,12+,18+,20-/m1/s1. The third-order valence-electron chi connectivity index (χ3n) is 6.37. The topological polar surface area (TPSA) is 133 Å². The third-order valence-corrected chi connectivity index (χ3v) is 8.96. The zero-order valence-corrected chi connectivity index (χ0v) is 19.5. The summed E-state index contributed by atoms with van der Waals surface area (Å²) in [6, 6.07) is 0.129. The first kappa shape index (κ1) is 22.6. The Morgan fingerprint density at radius 2 is 2.10 bits per heavy atom. The first-order valence-corrected chi connectivity index (χ1v) is 13.0. The van der Waals surface area contributed by atoms with Gasteiger partial charge in [0.2, 0.25) is 5.78 Å². The summed E-state index contributed by atoms with van der Waals surface area (Å²) in [5.41, 5.74) is 5.26. The van der Waals surface area contributed by atoms with Crippen molar-refractivity contribution in [3.8, 4) is 0 Å². The fourth-order valence-electron chi connectivity index (χ4n) is 4.99. The number of rotatable bonds is 9. The van der Waals surface area contributed by atoms with Crippen LogP contribution in [0.15, 0.2) is 16.3 Å². The smallest absolute Gasteiger partial charge is 0.404 e. The molecule has 1 amide bonds. The first-order valence-electron chi connectivity index (χ1n) is 10.5. The van der Waals surface area contributed by atoms with Gasteiger partial charge in [-0.2, -0.15) is 0 Å². The van der Waals surface area contributed by atoms with Gasteiger partial charge in [0.25, 0.3) is 0 Å². The number of amides is 1. The molecule has 0 saturated carbocycles. The molecular formula is C20H28N4O5S2. The number of allylic oxidation sites excluding steroid dienone is 1. The lowest BCUT2D eigenvalue weighted by Crippen LogP contribution is -2.55. The molecule has 4 aliphatic rings. The van der Waals surface area contributed by atoms with Gasteiger partial charge in [0.05, 0.1) is 29.3 Å². The van der Waals surface area contributed by atoms with Crippen molar-refractivity contribution in [2.75, 3.05) is 38.3 Å². The van der Waals surface area contributed by atoms with Gasteiger partial charge in [-0.3, -0.25) is 14.6 Å². The summed E-state index contributed by atoms with van der Waals surface area (Å²) in [7, 11) is 5.06. The monoisotopic (exact) mass is 468 g/mol. The van der Waals surface area contributed by atoms with Crippen molar-refractivity contribution in [1.82, 2.24) is 10.2 Å². The van der Waals surface area contributed by atoms with Crippen LogP contribution >= 0.6 is 21.6 Å². The van der Waals surface area contributed by atoms with Crippen molar-refractivity contribution in [2.24, 2.45) is 22.6 Å². The molecule has 3 N–H and O–H groups in total. The predicted molar refractivity (Wildman–Crippen MR) is 120 cm³/mol. The van der Waals surface area contributed by atoms with E-state index in [-0.39, 0.29) is 36.0 Å². The van der Waals surface area contributed by atoms with Crippen molar-refractivity contribution >= 4 is 45.0 Å². The molecule has 9 nitrogen and oxygen atoms in total. The zero-order valence-electron chi connectivity index (χ0n) is 17.9. The summed E-state index contributed by atoms with van der Waals surface area (Å²) in [6.07, 6.45) is 0.180. The Bertz CT molecular complexity index is 863. The van der Waals surface area contributed by atoms with Gasteiger partial charge in [-0.25, -0.2) is 4.79 Å². The molecule has 0 aromatic carbocycles. The van der Waals surface area contributed by atoms with Gasteiger partial charge in [0.15, 0.2) is 11.5 Å². The molecule has 170 valence electrons. The van der Waals surface area contributed by atoms with E-state index >= 15 is 0 Å². The lowest BCUT2D eigenvalue weighted by molar-refractivity contribution is -0.138. The van der Waals surface area contributed by atoms with E-state index in [0.29, 0.717) is 24.4 Å². The number of nitrogens with two attached hydrogens (primary N) is 1. The first-order chi connectivity index (χ1) is 14.9. The summed E-state index contributed by atoms with van der Waals surface area (Å²) in [5.74, 6) is 0.214. The Hall–Kier alpha value is -1.56. The van der Waals surface area contributed by atoms with Crippen LogP contribution < -0.4 is 11.1 Å². The minimum atomic E-state index is -0.947. The third kappa shape index (κ3) is 3.59. The molecule has 1 unspecified atom stereocenters. The molecule has 0 bridgehead atoms. The van der Waals surface area contributed by atoms with Gasteiger partial charge < -0.3 is 25.4 Å². The lowest BCUT2D eigenvalue weighted by Gasteiger charge is -2.39. The fraction of sp³-hybridized carbons (Fsp3) is 0.700. The maximum absolute atomic E-state index is 13.6. The number of ether oxygens (including phenoxy) is 2. The summed E-state index contributed by atoms with van der Waals surface area (Å²) in [6.45, 7) is 4.77. The molecule has 0 spiro atoms. The predicted octanol–water partition coefficient (Wildman–Crippen LogP) is 0.985. The van der Waals surface area contributed by atoms with Gasteiger partial charge in [-0.15, -0.1) is 0 Å². The number of carbonyl (C=O) groups is 3. The molecular weight excluding hydrogens is 440 g/mol. The van der Waals surface area contributed by atoms with Crippen LogP contribution in [0.1, 0.15) is 20.3 Å². The number of nitrogens with one attached hydrogen (secondary N) is 1. The lowest BCUT2D eigenvalue weighted by atomic mass is 9.78. The Balaban J connectivity index is 1.64. The number of methoxy groups -OCH3 is 1. The summed E-state index contributed by atoms with van der Waals surface area (Å²) >= 11 is 0. The maximum Gasteiger partial charge on any atom is 0.404 e. The van der Waals surface area contributed by atoms with Gasteiger partial charge >= 0.3 is 6.09 Å². The highest BCUT2D eigenvalue weighted by Gasteiger charge is 2.73. The summed E-state index contributed by atoms with van der Waals surface area (Å²) < 4.78 is 11.1. The Morgan fingerprint density at radius 1 is 1.35 bits per heavy atom. The number of ketones is 2. The molecule has 5 atom stereocenters. The van der Waals surface area contributed by atoms with E-state index in [1.807, 2.05) is 4.90 Å². The quantitative estimate of drug-likeness (QED) is 0.289. The molecule has 31 heavy (non-hydrogen) atoms. The fourth-order valence-corrected chi connectivity index (χ4v) is 6.99. The Kier molecular flexibility index (Phi) is 6.39. The minimum absolute atomic E-state index is 0.0483. The van der Waals surface area contributed by atoms with Crippen molar-refractivity contribution in [1.29, 1.82) is 0 Å². The van der Waals surface area contributed by atoms with E-state index < -0.39 is 23.7 Å². The average Bonchev–Trinajstić information content (AvgIpc) is 3.35. The number of hydrogen-bond acceptors (Lipinski definition) is 10. The number of piperazine rings is 1. The van der Waals surface area contributed by atoms with E-state index in [1.54, 1.807) is 35.6 Å². The van der Waals surface area contributed by atoms with Gasteiger partial charge in [0, 0.05) is 43.3 Å². The van der Waals surface area contributed by atoms with E-state index in [0.717, 1.165) is 17.9 Å². The number of nitrogens with zero attached hydrogens (tertiary/aromatic N) is 2. The van der Waals surface area contributed by atoms with Crippen molar-refractivity contribution in [2.45, 2.75) is 38.1 Å². The van der Waals surface area contributed by atoms with Crippen molar-refractivity contribution < 1.29 is 23.9 Å². The largest absolute Gasteiger partial charge is 0.449 e. The minimum Gasteiger partial charge on any atom is -0.449 e. The van der Waals surface area contributed by atoms with Crippen LogP contribution in [0.3, 0.4) is 0 Å². The molecule has 3 aliphatic heterocycles. The Labute approximate surface area is 189 Å².